The average Bonchev–Trinajstić information content (AvgIpc) is 2.75. The number of ether oxygens (including phenoxy) is 2. The van der Waals surface area contributed by atoms with Crippen molar-refractivity contribution in [3.05, 3.63) is 82.8 Å². The van der Waals surface area contributed by atoms with Crippen LogP contribution in [0.5, 0.6) is 17.2 Å². The molecule has 0 spiro atoms. The molecule has 6 nitrogen and oxygen atoms in total. The monoisotopic (exact) mass is 656 g/mol. The van der Waals surface area contributed by atoms with Crippen molar-refractivity contribution < 1.29 is 27.6 Å². The lowest BCUT2D eigenvalue weighted by Crippen LogP contribution is -2.06. The molecule has 0 heterocycles. The van der Waals surface area contributed by atoms with Crippen LogP contribution in [0.4, 0.5) is 24.5 Å². The van der Waals surface area contributed by atoms with E-state index >= 15 is 0 Å². The highest BCUT2D eigenvalue weighted by Crippen LogP contribution is 2.42. The van der Waals surface area contributed by atoms with Gasteiger partial charge in [0.25, 0.3) is 0 Å². The Morgan fingerprint density at radius 2 is 1.88 bits per heavy atom. The Morgan fingerprint density at radius 3 is 2.48 bits per heavy atom. The van der Waals surface area contributed by atoms with Gasteiger partial charge in [-0.05, 0) is 86.5 Å². The Labute approximate surface area is 213 Å². The van der Waals surface area contributed by atoms with Gasteiger partial charge in [-0.15, -0.1) is 0 Å². The topological polar surface area (TPSA) is 73.6 Å². The average molecular weight is 658 g/mol. The molecular weight excluding hydrogens is 643 g/mol. The Hall–Kier alpha value is -2.25. The number of halogens is 6. The van der Waals surface area contributed by atoms with Crippen molar-refractivity contribution in [3.8, 4) is 17.2 Å². The molecule has 174 valence electrons. The van der Waals surface area contributed by atoms with E-state index in [-0.39, 0.29) is 17.2 Å². The zero-order valence-electron chi connectivity index (χ0n) is 16.7. The molecule has 0 unspecified atom stereocenters. The standard InChI is InChI=1S/C21H14BrClF3IN2O4/c1-32-19-7-11(10-28-13-3-4-14(22)15(23)9-13)6-16(27)20(19)33-18-5-2-12(21(24,25)26)8-17(18)29(30)31/h2-9,28H,10H2,1H3. The van der Waals surface area contributed by atoms with Crippen molar-refractivity contribution >= 4 is 61.5 Å². The molecule has 0 amide bonds. The lowest BCUT2D eigenvalue weighted by molar-refractivity contribution is -0.385. The summed E-state index contributed by atoms with van der Waals surface area (Å²) in [5, 5.41) is 15.1. The van der Waals surface area contributed by atoms with E-state index in [9.17, 15) is 23.3 Å². The number of anilines is 1. The third-order valence-electron chi connectivity index (χ3n) is 4.40. The summed E-state index contributed by atoms with van der Waals surface area (Å²) in [6, 6.07) is 10.9. The first kappa shape index (κ1) is 25.4. The maximum atomic E-state index is 13.0. The predicted molar refractivity (Wildman–Crippen MR) is 130 cm³/mol. The quantitative estimate of drug-likeness (QED) is 0.158. The Bertz CT molecular complexity index is 1210. The Morgan fingerprint density at radius 1 is 1.15 bits per heavy atom. The summed E-state index contributed by atoms with van der Waals surface area (Å²) in [5.41, 5.74) is -0.347. The summed E-state index contributed by atoms with van der Waals surface area (Å²) in [6.45, 7) is 0.408. The van der Waals surface area contributed by atoms with Crippen LogP contribution >= 0.6 is 50.1 Å². The normalized spacial score (nSPS) is 11.2. The highest BCUT2D eigenvalue weighted by molar-refractivity contribution is 14.1. The number of hydrogen-bond acceptors (Lipinski definition) is 5. The maximum absolute atomic E-state index is 13.0. The zero-order chi connectivity index (χ0) is 24.3. The minimum Gasteiger partial charge on any atom is -0.493 e. The molecule has 0 radical (unpaired) electrons. The minimum absolute atomic E-state index is 0.149. The number of nitrogens with zero attached hydrogens (tertiary/aromatic N) is 1. The molecule has 0 aliphatic rings. The number of rotatable bonds is 7. The first-order valence-corrected chi connectivity index (χ1v) is 11.3. The van der Waals surface area contributed by atoms with Crippen LogP contribution < -0.4 is 14.8 Å². The summed E-state index contributed by atoms with van der Waals surface area (Å²) < 4.78 is 51.2. The highest BCUT2D eigenvalue weighted by atomic mass is 127. The van der Waals surface area contributed by atoms with Gasteiger partial charge in [-0.25, -0.2) is 0 Å². The van der Waals surface area contributed by atoms with Crippen molar-refractivity contribution in [2.24, 2.45) is 0 Å². The number of hydrogen-bond donors (Lipinski definition) is 1. The van der Waals surface area contributed by atoms with E-state index in [0.29, 0.717) is 21.2 Å². The molecule has 1 N–H and O–H groups in total. The first-order valence-electron chi connectivity index (χ1n) is 9.08. The fraction of sp³-hybridized carbons (Fsp3) is 0.143. The fourth-order valence-corrected chi connectivity index (χ4v) is 4.02. The van der Waals surface area contributed by atoms with E-state index in [1.807, 2.05) is 34.7 Å². The predicted octanol–water partition coefficient (Wildman–Crippen LogP) is 8.05. The van der Waals surface area contributed by atoms with E-state index in [0.717, 1.165) is 27.9 Å². The van der Waals surface area contributed by atoms with Gasteiger partial charge in [-0.2, -0.15) is 13.2 Å². The molecule has 0 fully saturated rings. The van der Waals surface area contributed by atoms with Gasteiger partial charge in [0.05, 0.1) is 26.2 Å². The number of nitrogens with one attached hydrogen (secondary N) is 1. The van der Waals surface area contributed by atoms with Crippen LogP contribution in [0, 0.1) is 13.7 Å². The summed E-state index contributed by atoms with van der Waals surface area (Å²) in [5.74, 6) is 0.0812. The van der Waals surface area contributed by atoms with E-state index < -0.39 is 22.4 Å². The third-order valence-corrected chi connectivity index (χ3v) is 6.43. The van der Waals surface area contributed by atoms with Crippen molar-refractivity contribution in [2.75, 3.05) is 12.4 Å². The first-order chi connectivity index (χ1) is 15.5. The maximum Gasteiger partial charge on any atom is 0.416 e. The molecule has 12 heteroatoms. The Kier molecular flexibility index (Phi) is 7.96. The molecule has 0 atom stereocenters. The second-order valence-corrected chi connectivity index (χ2v) is 9.05. The lowest BCUT2D eigenvalue weighted by Gasteiger charge is -2.16. The zero-order valence-corrected chi connectivity index (χ0v) is 21.2. The van der Waals surface area contributed by atoms with E-state index in [1.54, 1.807) is 18.2 Å². The molecule has 0 saturated heterocycles. The van der Waals surface area contributed by atoms with Crippen LogP contribution in [0.15, 0.2) is 53.0 Å². The lowest BCUT2D eigenvalue weighted by atomic mass is 10.1. The van der Waals surface area contributed by atoms with Gasteiger partial charge < -0.3 is 14.8 Å². The largest absolute Gasteiger partial charge is 0.493 e. The van der Waals surface area contributed by atoms with Crippen LogP contribution in [-0.2, 0) is 12.7 Å². The number of nitro benzene ring substituents is 1. The van der Waals surface area contributed by atoms with Crippen LogP contribution in [-0.4, -0.2) is 12.0 Å². The Balaban J connectivity index is 1.88. The summed E-state index contributed by atoms with van der Waals surface area (Å²) >= 11 is 11.4. The van der Waals surface area contributed by atoms with Gasteiger partial charge in [-0.3, -0.25) is 10.1 Å². The van der Waals surface area contributed by atoms with E-state index in [1.165, 1.54) is 7.11 Å². The number of benzene rings is 3. The molecule has 3 aromatic rings. The second kappa shape index (κ2) is 10.3. The molecule has 0 bridgehead atoms. The third kappa shape index (κ3) is 6.21. The molecule has 0 saturated carbocycles. The highest BCUT2D eigenvalue weighted by Gasteiger charge is 2.33. The molecule has 0 aliphatic heterocycles. The van der Waals surface area contributed by atoms with Gasteiger partial charge in [0.1, 0.15) is 0 Å². The summed E-state index contributed by atoms with van der Waals surface area (Å²) in [6.07, 6.45) is -4.72. The molecule has 3 aromatic carbocycles. The van der Waals surface area contributed by atoms with Gasteiger partial charge in [0, 0.05) is 22.8 Å². The molecule has 0 aromatic heterocycles. The van der Waals surface area contributed by atoms with Gasteiger partial charge in [0.2, 0.25) is 5.75 Å². The van der Waals surface area contributed by atoms with Crippen molar-refractivity contribution in [1.82, 2.24) is 0 Å². The molecule has 0 aliphatic carbocycles. The summed E-state index contributed by atoms with van der Waals surface area (Å²) in [7, 11) is 1.39. The van der Waals surface area contributed by atoms with Crippen molar-refractivity contribution in [3.63, 3.8) is 0 Å². The number of alkyl halides is 3. The van der Waals surface area contributed by atoms with Gasteiger partial charge >= 0.3 is 11.9 Å². The number of nitro groups is 1. The SMILES string of the molecule is COc1cc(CNc2ccc(Br)c(Cl)c2)cc(I)c1Oc1ccc(C(F)(F)F)cc1[N+](=O)[O-]. The molecular formula is C21H14BrClF3IN2O4. The minimum atomic E-state index is -4.72. The van der Waals surface area contributed by atoms with E-state index in [2.05, 4.69) is 21.2 Å². The fourth-order valence-electron chi connectivity index (χ4n) is 2.82. The van der Waals surface area contributed by atoms with Crippen LogP contribution in [0.2, 0.25) is 5.02 Å². The van der Waals surface area contributed by atoms with Gasteiger partial charge in [0.15, 0.2) is 11.5 Å². The smallest absolute Gasteiger partial charge is 0.416 e. The van der Waals surface area contributed by atoms with Crippen LogP contribution in [0.1, 0.15) is 11.1 Å². The molecule has 33 heavy (non-hydrogen) atoms. The second-order valence-electron chi connectivity index (χ2n) is 6.63. The van der Waals surface area contributed by atoms with Crippen LogP contribution in [0.25, 0.3) is 0 Å². The van der Waals surface area contributed by atoms with Crippen molar-refractivity contribution in [1.29, 1.82) is 0 Å². The van der Waals surface area contributed by atoms with Crippen LogP contribution in [0.3, 0.4) is 0 Å². The van der Waals surface area contributed by atoms with Gasteiger partial charge in [-0.1, -0.05) is 11.6 Å². The van der Waals surface area contributed by atoms with E-state index in [4.69, 9.17) is 21.1 Å². The van der Waals surface area contributed by atoms with Crippen molar-refractivity contribution in [2.45, 2.75) is 12.7 Å². The summed E-state index contributed by atoms with van der Waals surface area (Å²) in [4.78, 5) is 10.4. The molecule has 3 rings (SSSR count). The number of methoxy groups -OCH3 is 1.